The van der Waals surface area contributed by atoms with E-state index in [1.54, 1.807) is 0 Å². The molecule has 18 heavy (non-hydrogen) atoms. The summed E-state index contributed by atoms with van der Waals surface area (Å²) >= 11 is -2.06. The summed E-state index contributed by atoms with van der Waals surface area (Å²) in [6.45, 7) is 2.11. The van der Waals surface area contributed by atoms with Crippen LogP contribution in [0.2, 0.25) is 0 Å². The van der Waals surface area contributed by atoms with Crippen LogP contribution in [0.5, 0.6) is 0 Å². The minimum Gasteiger partial charge on any atom is -0.311 e. The van der Waals surface area contributed by atoms with E-state index in [-0.39, 0.29) is 18.3 Å². The molecule has 0 amide bonds. The van der Waals surface area contributed by atoms with E-state index in [4.69, 9.17) is 4.55 Å². The van der Waals surface area contributed by atoms with Crippen LogP contribution in [0.15, 0.2) is 36.0 Å². The summed E-state index contributed by atoms with van der Waals surface area (Å²) in [5.41, 5.74) is 1.29. The van der Waals surface area contributed by atoms with Crippen molar-refractivity contribution in [1.82, 2.24) is 5.32 Å². The number of allylic oxidation sites excluding steroid dienone is 5. The monoisotopic (exact) mass is 273 g/mol. The molecule has 102 valence electrons. The number of halogens is 1. The third kappa shape index (κ3) is 6.83. The number of rotatable bonds is 7. The molecule has 0 aromatic heterocycles. The second-order valence-corrected chi connectivity index (χ2v) is 5.42. The Hall–Kier alpha value is -0.780. The average Bonchev–Trinajstić information content (AvgIpc) is 2.54. The number of alkyl halides is 1. The molecule has 0 fully saturated rings. The lowest BCUT2D eigenvalue weighted by Crippen LogP contribution is -2.34. The van der Waals surface area contributed by atoms with Gasteiger partial charge in [-0.2, -0.15) is 0 Å². The van der Waals surface area contributed by atoms with Crippen molar-refractivity contribution in [2.45, 2.75) is 32.0 Å². The summed E-state index contributed by atoms with van der Waals surface area (Å²) in [5.74, 6) is -0.326. The van der Waals surface area contributed by atoms with Crippen LogP contribution in [0.25, 0.3) is 0 Å². The highest BCUT2D eigenvalue weighted by atomic mass is 32.2. The molecule has 0 heterocycles. The minimum absolute atomic E-state index is 0.117. The van der Waals surface area contributed by atoms with Gasteiger partial charge in [0.25, 0.3) is 0 Å². The van der Waals surface area contributed by atoms with Gasteiger partial charge in [0, 0.05) is 12.6 Å². The largest absolute Gasteiger partial charge is 0.311 e. The molecule has 0 aliphatic heterocycles. The normalized spacial score (nSPS) is 20.1. The molecular weight excluding hydrogens is 253 g/mol. The Kier molecular flexibility index (Phi) is 7.08. The second kappa shape index (κ2) is 8.34. The van der Waals surface area contributed by atoms with Gasteiger partial charge in [-0.15, -0.1) is 0 Å². The lowest BCUT2D eigenvalue weighted by molar-refractivity contribution is 0.331. The standard InChI is InChI=1S/C13H20FNO2S/c1-11(15-9-13(14)10-18(16)17)8-12-6-4-2-3-5-7-12/h2-6,11,13,15H,7-10H2,1H3,(H,16,17). The number of nitrogens with one attached hydrogen (secondary N) is 1. The molecule has 0 saturated heterocycles. The summed E-state index contributed by atoms with van der Waals surface area (Å²) in [5, 5.41) is 3.05. The fraction of sp³-hybridized carbons (Fsp3) is 0.538. The lowest BCUT2D eigenvalue weighted by atomic mass is 10.0. The quantitative estimate of drug-likeness (QED) is 0.700. The first-order valence-corrected chi connectivity index (χ1v) is 7.31. The first kappa shape index (κ1) is 15.3. The highest BCUT2D eigenvalue weighted by Crippen LogP contribution is 2.13. The predicted octanol–water partition coefficient (Wildman–Crippen LogP) is 2.36. The molecule has 0 bridgehead atoms. The highest BCUT2D eigenvalue weighted by Gasteiger charge is 2.12. The average molecular weight is 273 g/mol. The van der Waals surface area contributed by atoms with Gasteiger partial charge in [-0.05, 0) is 19.8 Å². The molecule has 1 aliphatic carbocycles. The third-order valence-electron chi connectivity index (χ3n) is 2.65. The summed E-state index contributed by atoms with van der Waals surface area (Å²) in [7, 11) is 0. The van der Waals surface area contributed by atoms with Crippen molar-refractivity contribution in [3.8, 4) is 0 Å². The molecule has 2 N–H and O–H groups in total. The van der Waals surface area contributed by atoms with E-state index in [9.17, 15) is 8.60 Å². The van der Waals surface area contributed by atoms with E-state index < -0.39 is 17.3 Å². The maximum absolute atomic E-state index is 13.2. The summed E-state index contributed by atoms with van der Waals surface area (Å²) in [4.78, 5) is 0. The van der Waals surface area contributed by atoms with E-state index in [0.717, 1.165) is 12.8 Å². The summed E-state index contributed by atoms with van der Waals surface area (Å²) < 4.78 is 32.2. The number of hydrogen-bond acceptors (Lipinski definition) is 2. The van der Waals surface area contributed by atoms with Crippen molar-refractivity contribution >= 4 is 11.1 Å². The zero-order chi connectivity index (χ0) is 13.4. The van der Waals surface area contributed by atoms with Crippen LogP contribution in [0.3, 0.4) is 0 Å². The fourth-order valence-corrected chi connectivity index (χ4v) is 2.21. The first-order chi connectivity index (χ1) is 8.58. The van der Waals surface area contributed by atoms with Gasteiger partial charge in [-0.25, -0.2) is 8.60 Å². The van der Waals surface area contributed by atoms with Crippen LogP contribution >= 0.6 is 0 Å². The first-order valence-electron chi connectivity index (χ1n) is 6.04. The Morgan fingerprint density at radius 1 is 1.50 bits per heavy atom. The Labute approximate surface area is 110 Å². The van der Waals surface area contributed by atoms with Crippen molar-refractivity contribution in [3.05, 3.63) is 36.0 Å². The van der Waals surface area contributed by atoms with Crippen molar-refractivity contribution < 1.29 is 13.2 Å². The van der Waals surface area contributed by atoms with Gasteiger partial charge >= 0.3 is 0 Å². The van der Waals surface area contributed by atoms with Crippen LogP contribution in [-0.2, 0) is 11.1 Å². The van der Waals surface area contributed by atoms with Crippen LogP contribution in [0.4, 0.5) is 4.39 Å². The molecule has 0 radical (unpaired) electrons. The van der Waals surface area contributed by atoms with E-state index >= 15 is 0 Å². The van der Waals surface area contributed by atoms with Crippen molar-refractivity contribution in [2.24, 2.45) is 0 Å². The summed E-state index contributed by atoms with van der Waals surface area (Å²) in [6.07, 6.45) is 10.7. The van der Waals surface area contributed by atoms with E-state index in [0.29, 0.717) is 0 Å². The zero-order valence-corrected chi connectivity index (χ0v) is 11.3. The lowest BCUT2D eigenvalue weighted by Gasteiger charge is -2.16. The molecule has 0 aromatic rings. The molecule has 0 spiro atoms. The van der Waals surface area contributed by atoms with Gasteiger partial charge < -0.3 is 9.87 Å². The Morgan fingerprint density at radius 3 is 3.00 bits per heavy atom. The molecule has 1 rings (SSSR count). The van der Waals surface area contributed by atoms with Gasteiger partial charge in [-0.1, -0.05) is 36.0 Å². The fourth-order valence-electron chi connectivity index (χ4n) is 1.78. The molecule has 1 aliphatic rings. The Bertz CT molecular complexity index is 366. The second-order valence-electron chi connectivity index (χ2n) is 4.44. The molecular formula is C13H20FNO2S. The van der Waals surface area contributed by atoms with Gasteiger partial charge in [0.15, 0.2) is 11.1 Å². The summed E-state index contributed by atoms with van der Waals surface area (Å²) in [6, 6.07) is 0.154. The number of hydrogen-bond donors (Lipinski definition) is 2. The SMILES string of the molecule is CC(CC1=CC=CC=CC1)NCC(F)CS(=O)O. The predicted molar refractivity (Wildman–Crippen MR) is 73.6 cm³/mol. The van der Waals surface area contributed by atoms with Crippen molar-refractivity contribution in [2.75, 3.05) is 12.3 Å². The maximum atomic E-state index is 13.2. The third-order valence-corrected chi connectivity index (χ3v) is 3.30. The molecule has 3 nitrogen and oxygen atoms in total. The maximum Gasteiger partial charge on any atom is 0.155 e. The van der Waals surface area contributed by atoms with Crippen LogP contribution < -0.4 is 5.32 Å². The smallest absolute Gasteiger partial charge is 0.155 e. The molecule has 0 aromatic carbocycles. The van der Waals surface area contributed by atoms with Crippen molar-refractivity contribution in [3.63, 3.8) is 0 Å². The Balaban J connectivity index is 2.26. The topological polar surface area (TPSA) is 49.3 Å². The van der Waals surface area contributed by atoms with E-state index in [1.807, 2.05) is 25.2 Å². The van der Waals surface area contributed by atoms with E-state index in [2.05, 4.69) is 17.5 Å². The van der Waals surface area contributed by atoms with Gasteiger partial charge in [-0.3, -0.25) is 0 Å². The molecule has 3 unspecified atom stereocenters. The molecule has 5 heteroatoms. The van der Waals surface area contributed by atoms with Crippen LogP contribution in [-0.4, -0.2) is 33.3 Å². The zero-order valence-electron chi connectivity index (χ0n) is 10.5. The van der Waals surface area contributed by atoms with Gasteiger partial charge in [0.2, 0.25) is 0 Å². The van der Waals surface area contributed by atoms with Gasteiger partial charge in [0.05, 0.1) is 5.75 Å². The Morgan fingerprint density at radius 2 is 2.28 bits per heavy atom. The van der Waals surface area contributed by atoms with Gasteiger partial charge in [0.1, 0.15) is 6.17 Å². The van der Waals surface area contributed by atoms with Crippen LogP contribution in [0, 0.1) is 0 Å². The molecule has 3 atom stereocenters. The van der Waals surface area contributed by atoms with E-state index in [1.165, 1.54) is 5.57 Å². The molecule has 0 saturated carbocycles. The highest BCUT2D eigenvalue weighted by molar-refractivity contribution is 7.79. The van der Waals surface area contributed by atoms with Crippen molar-refractivity contribution in [1.29, 1.82) is 0 Å². The minimum atomic E-state index is -2.06. The van der Waals surface area contributed by atoms with Crippen LogP contribution in [0.1, 0.15) is 19.8 Å².